The van der Waals surface area contributed by atoms with Crippen LogP contribution in [0.4, 0.5) is 10.2 Å². The summed E-state index contributed by atoms with van der Waals surface area (Å²) >= 11 is 0. The van der Waals surface area contributed by atoms with Gasteiger partial charge in [0, 0.05) is 25.7 Å². The van der Waals surface area contributed by atoms with Crippen LogP contribution in [-0.2, 0) is 14.8 Å². The number of hydrogen-bond donors (Lipinski definition) is 1. The minimum Gasteiger partial charge on any atom is -0.371 e. The fourth-order valence-corrected chi connectivity index (χ4v) is 4.59. The molecule has 0 saturated carbocycles. The fraction of sp³-hybridized carbons (Fsp3) is 0.667. The SMILES string of the molecule is CCS(=O)(=O)N1CCC[C@]2(C[C@H](Nc3ncccc3F)CO2)C1. The summed E-state index contributed by atoms with van der Waals surface area (Å²) in [5.74, 6) is -0.0801. The van der Waals surface area contributed by atoms with Crippen molar-refractivity contribution in [1.82, 2.24) is 9.29 Å². The summed E-state index contributed by atoms with van der Waals surface area (Å²) in [6.07, 6.45) is 3.79. The first-order valence-electron chi connectivity index (χ1n) is 7.93. The molecule has 1 N–H and O–H groups in total. The van der Waals surface area contributed by atoms with E-state index >= 15 is 0 Å². The van der Waals surface area contributed by atoms with Crippen molar-refractivity contribution in [2.75, 3.05) is 30.8 Å². The van der Waals surface area contributed by atoms with Crippen LogP contribution in [0.1, 0.15) is 26.2 Å². The van der Waals surface area contributed by atoms with E-state index in [0.717, 1.165) is 12.8 Å². The number of ether oxygens (including phenoxy) is 1. The Balaban J connectivity index is 1.67. The molecule has 3 heterocycles. The molecule has 2 fully saturated rings. The van der Waals surface area contributed by atoms with Crippen LogP contribution < -0.4 is 5.32 Å². The molecule has 0 aliphatic carbocycles. The molecule has 3 rings (SSSR count). The first kappa shape index (κ1) is 16.6. The summed E-state index contributed by atoms with van der Waals surface area (Å²) in [6, 6.07) is 2.84. The molecule has 1 spiro atoms. The lowest BCUT2D eigenvalue weighted by atomic mass is 9.90. The third kappa shape index (κ3) is 3.49. The molecule has 2 aliphatic rings. The molecule has 0 bridgehead atoms. The third-order valence-corrected chi connectivity index (χ3v) is 6.40. The maximum absolute atomic E-state index is 13.7. The maximum atomic E-state index is 13.7. The van der Waals surface area contributed by atoms with Crippen LogP contribution in [0.15, 0.2) is 18.3 Å². The highest BCUT2D eigenvalue weighted by atomic mass is 32.2. The van der Waals surface area contributed by atoms with E-state index in [2.05, 4.69) is 10.3 Å². The number of anilines is 1. The average Bonchev–Trinajstić information content (AvgIpc) is 2.92. The number of halogens is 1. The van der Waals surface area contributed by atoms with Gasteiger partial charge < -0.3 is 10.1 Å². The summed E-state index contributed by atoms with van der Waals surface area (Å²) in [6.45, 7) is 3.01. The van der Waals surface area contributed by atoms with Crippen LogP contribution in [0.2, 0.25) is 0 Å². The molecule has 0 radical (unpaired) electrons. The van der Waals surface area contributed by atoms with Gasteiger partial charge in [0.05, 0.1) is 24.0 Å². The Hall–Kier alpha value is -1.25. The van der Waals surface area contributed by atoms with Crippen molar-refractivity contribution in [1.29, 1.82) is 0 Å². The van der Waals surface area contributed by atoms with Gasteiger partial charge in [0.2, 0.25) is 10.0 Å². The van der Waals surface area contributed by atoms with Gasteiger partial charge in [0.1, 0.15) is 0 Å². The summed E-state index contributed by atoms with van der Waals surface area (Å²) in [5, 5.41) is 3.07. The first-order chi connectivity index (χ1) is 10.9. The fourth-order valence-electron chi connectivity index (χ4n) is 3.38. The van der Waals surface area contributed by atoms with Crippen molar-refractivity contribution in [2.24, 2.45) is 0 Å². The number of aromatic nitrogens is 1. The first-order valence-corrected chi connectivity index (χ1v) is 9.54. The zero-order valence-corrected chi connectivity index (χ0v) is 14.0. The Labute approximate surface area is 136 Å². The quantitative estimate of drug-likeness (QED) is 0.899. The van der Waals surface area contributed by atoms with Gasteiger partial charge in [-0.1, -0.05) is 0 Å². The van der Waals surface area contributed by atoms with E-state index in [4.69, 9.17) is 4.74 Å². The topological polar surface area (TPSA) is 71.5 Å². The van der Waals surface area contributed by atoms with Crippen LogP contribution in [0.3, 0.4) is 0 Å². The Morgan fingerprint density at radius 2 is 2.39 bits per heavy atom. The van der Waals surface area contributed by atoms with E-state index in [1.807, 2.05) is 0 Å². The lowest BCUT2D eigenvalue weighted by Crippen LogP contribution is -2.50. The van der Waals surface area contributed by atoms with Crippen molar-refractivity contribution >= 4 is 15.8 Å². The highest BCUT2D eigenvalue weighted by molar-refractivity contribution is 7.89. The zero-order chi connectivity index (χ0) is 16.5. The van der Waals surface area contributed by atoms with Gasteiger partial charge >= 0.3 is 0 Å². The van der Waals surface area contributed by atoms with Gasteiger partial charge in [-0.25, -0.2) is 17.8 Å². The predicted molar refractivity (Wildman–Crippen MR) is 85.2 cm³/mol. The molecule has 1 aromatic heterocycles. The monoisotopic (exact) mass is 343 g/mol. The van der Waals surface area contributed by atoms with Crippen LogP contribution in [-0.4, -0.2) is 54.8 Å². The summed E-state index contributed by atoms with van der Waals surface area (Å²) in [4.78, 5) is 3.99. The highest BCUT2D eigenvalue weighted by Gasteiger charge is 2.45. The number of sulfonamides is 1. The van der Waals surface area contributed by atoms with Gasteiger partial charge in [-0.3, -0.25) is 0 Å². The molecular weight excluding hydrogens is 321 g/mol. The lowest BCUT2D eigenvalue weighted by Gasteiger charge is -2.38. The maximum Gasteiger partial charge on any atom is 0.213 e. The Morgan fingerprint density at radius 1 is 1.57 bits per heavy atom. The molecule has 0 aromatic carbocycles. The van der Waals surface area contributed by atoms with Crippen molar-refractivity contribution in [3.63, 3.8) is 0 Å². The summed E-state index contributed by atoms with van der Waals surface area (Å²) < 4.78 is 45.4. The minimum atomic E-state index is -3.21. The third-order valence-electron chi connectivity index (χ3n) is 4.57. The Bertz CT molecular complexity index is 670. The van der Waals surface area contributed by atoms with E-state index in [1.165, 1.54) is 16.6 Å². The number of hydrogen-bond acceptors (Lipinski definition) is 5. The minimum absolute atomic E-state index is 0.0660. The standard InChI is InChI=1S/C15H22FN3O3S/c1-2-23(20,21)19-8-4-6-15(11-19)9-12(10-22-15)18-14-13(16)5-3-7-17-14/h3,5,7,12H,2,4,6,8-11H2,1H3,(H,17,18)/t12-,15-/m0/s1. The van der Waals surface area contributed by atoms with Crippen molar-refractivity contribution in [3.05, 3.63) is 24.1 Å². The van der Waals surface area contributed by atoms with E-state index < -0.39 is 21.4 Å². The van der Waals surface area contributed by atoms with Gasteiger partial charge in [-0.2, -0.15) is 4.31 Å². The Kier molecular flexibility index (Phi) is 4.57. The summed E-state index contributed by atoms with van der Waals surface area (Å²) in [5.41, 5.74) is -0.469. The highest BCUT2D eigenvalue weighted by Crippen LogP contribution is 2.36. The molecule has 1 aromatic rings. The van der Waals surface area contributed by atoms with E-state index in [-0.39, 0.29) is 17.6 Å². The molecule has 128 valence electrons. The molecule has 2 atom stereocenters. The van der Waals surface area contributed by atoms with Crippen molar-refractivity contribution in [3.8, 4) is 0 Å². The van der Waals surface area contributed by atoms with Gasteiger partial charge in [-0.15, -0.1) is 0 Å². The second-order valence-corrected chi connectivity index (χ2v) is 8.47. The second-order valence-electron chi connectivity index (χ2n) is 6.21. The van der Waals surface area contributed by atoms with E-state index in [1.54, 1.807) is 13.0 Å². The van der Waals surface area contributed by atoms with Crippen molar-refractivity contribution < 1.29 is 17.5 Å². The number of nitrogens with one attached hydrogen (secondary N) is 1. The van der Waals surface area contributed by atoms with Crippen LogP contribution in [0.5, 0.6) is 0 Å². The van der Waals surface area contributed by atoms with Crippen LogP contribution in [0, 0.1) is 5.82 Å². The predicted octanol–water partition coefficient (Wildman–Crippen LogP) is 1.61. The Morgan fingerprint density at radius 3 is 3.13 bits per heavy atom. The molecule has 6 nitrogen and oxygen atoms in total. The normalized spacial score (nSPS) is 29.0. The molecule has 23 heavy (non-hydrogen) atoms. The molecule has 2 saturated heterocycles. The molecule has 8 heteroatoms. The van der Waals surface area contributed by atoms with Crippen LogP contribution >= 0.6 is 0 Å². The summed E-state index contributed by atoms with van der Waals surface area (Å²) in [7, 11) is -3.21. The molecule has 2 aliphatic heterocycles. The smallest absolute Gasteiger partial charge is 0.213 e. The number of pyridine rings is 1. The second kappa shape index (κ2) is 6.33. The van der Waals surface area contributed by atoms with Crippen molar-refractivity contribution in [2.45, 2.75) is 37.8 Å². The van der Waals surface area contributed by atoms with E-state index in [0.29, 0.717) is 26.1 Å². The molecule has 0 unspecified atom stereocenters. The zero-order valence-electron chi connectivity index (χ0n) is 13.2. The van der Waals surface area contributed by atoms with E-state index in [9.17, 15) is 12.8 Å². The lowest BCUT2D eigenvalue weighted by molar-refractivity contribution is -0.0329. The molecular formula is C15H22FN3O3S. The molecule has 0 amide bonds. The van der Waals surface area contributed by atoms with Gasteiger partial charge in [0.15, 0.2) is 11.6 Å². The van der Waals surface area contributed by atoms with Crippen LogP contribution in [0.25, 0.3) is 0 Å². The number of nitrogens with zero attached hydrogens (tertiary/aromatic N) is 2. The average molecular weight is 343 g/mol. The number of piperidine rings is 1. The van der Waals surface area contributed by atoms with Gasteiger partial charge in [-0.05, 0) is 31.9 Å². The van der Waals surface area contributed by atoms with Gasteiger partial charge in [0.25, 0.3) is 0 Å². The number of rotatable bonds is 4. The largest absolute Gasteiger partial charge is 0.371 e.